The van der Waals surface area contributed by atoms with E-state index in [1.165, 1.54) is 0 Å². The first-order chi connectivity index (χ1) is 10.8. The standard InChI is InChI=1S/C13H7Cl4NO5/c14-7-5-6(8(15)10(17)9(7)16)12(20)18(11(5)19)23-13(21)4-1-2-22-3-4/h4H,1-3H2. The molecule has 0 aromatic heterocycles. The van der Waals surface area contributed by atoms with Crippen molar-refractivity contribution in [2.24, 2.45) is 5.92 Å². The van der Waals surface area contributed by atoms with E-state index in [1.807, 2.05) is 0 Å². The van der Waals surface area contributed by atoms with Crippen molar-refractivity contribution < 1.29 is 24.0 Å². The molecule has 1 fully saturated rings. The first kappa shape index (κ1) is 16.8. The second-order valence-electron chi connectivity index (χ2n) is 4.88. The van der Waals surface area contributed by atoms with Crippen molar-refractivity contribution in [2.75, 3.05) is 13.2 Å². The summed E-state index contributed by atoms with van der Waals surface area (Å²) in [5, 5.41) is -0.448. The zero-order valence-electron chi connectivity index (χ0n) is 11.2. The van der Waals surface area contributed by atoms with Gasteiger partial charge in [-0.2, -0.15) is 0 Å². The van der Waals surface area contributed by atoms with Gasteiger partial charge in [0.15, 0.2) is 0 Å². The number of carbonyl (C=O) groups excluding carboxylic acids is 3. The zero-order chi connectivity index (χ0) is 16.9. The lowest BCUT2D eigenvalue weighted by Crippen LogP contribution is -2.35. The van der Waals surface area contributed by atoms with Crippen molar-refractivity contribution in [1.82, 2.24) is 5.06 Å². The molecule has 6 nitrogen and oxygen atoms in total. The molecule has 1 saturated heterocycles. The topological polar surface area (TPSA) is 72.9 Å². The van der Waals surface area contributed by atoms with Crippen LogP contribution in [0.2, 0.25) is 20.1 Å². The number of benzene rings is 1. The predicted molar refractivity (Wildman–Crippen MR) is 82.0 cm³/mol. The average molecular weight is 399 g/mol. The molecule has 23 heavy (non-hydrogen) atoms. The Morgan fingerprint density at radius 2 is 1.52 bits per heavy atom. The van der Waals surface area contributed by atoms with Crippen LogP contribution in [-0.4, -0.2) is 36.1 Å². The summed E-state index contributed by atoms with van der Waals surface area (Å²) in [6.07, 6.45) is 0.446. The number of hydrogen-bond acceptors (Lipinski definition) is 5. The van der Waals surface area contributed by atoms with Gasteiger partial charge in [0.1, 0.15) is 0 Å². The van der Waals surface area contributed by atoms with Crippen molar-refractivity contribution in [3.05, 3.63) is 31.2 Å². The van der Waals surface area contributed by atoms with E-state index >= 15 is 0 Å². The fraction of sp³-hybridized carbons (Fsp3) is 0.308. The highest BCUT2D eigenvalue weighted by atomic mass is 35.5. The number of hydroxylamine groups is 2. The van der Waals surface area contributed by atoms with Crippen LogP contribution in [0.3, 0.4) is 0 Å². The quantitative estimate of drug-likeness (QED) is 0.433. The molecule has 0 aliphatic carbocycles. The molecule has 2 heterocycles. The van der Waals surface area contributed by atoms with Gasteiger partial charge in [0.2, 0.25) is 0 Å². The monoisotopic (exact) mass is 397 g/mol. The molecule has 0 radical (unpaired) electrons. The third-order valence-electron chi connectivity index (χ3n) is 3.51. The number of nitrogens with zero attached hydrogens (tertiary/aromatic N) is 1. The molecule has 1 aromatic carbocycles. The second-order valence-corrected chi connectivity index (χ2v) is 6.39. The van der Waals surface area contributed by atoms with Gasteiger partial charge in [-0.3, -0.25) is 9.59 Å². The normalized spacial score (nSPS) is 20.2. The highest BCUT2D eigenvalue weighted by molar-refractivity contribution is 6.55. The summed E-state index contributed by atoms with van der Waals surface area (Å²) in [4.78, 5) is 41.6. The van der Waals surface area contributed by atoms with Gasteiger partial charge >= 0.3 is 5.97 Å². The molecule has 2 aliphatic rings. The van der Waals surface area contributed by atoms with Crippen LogP contribution in [0.4, 0.5) is 0 Å². The number of amides is 2. The van der Waals surface area contributed by atoms with Crippen molar-refractivity contribution in [3.8, 4) is 0 Å². The first-order valence-corrected chi connectivity index (χ1v) is 7.90. The lowest BCUT2D eigenvalue weighted by Gasteiger charge is -2.14. The number of halogens is 4. The predicted octanol–water partition coefficient (Wildman–Crippen LogP) is 3.39. The highest BCUT2D eigenvalue weighted by Gasteiger charge is 2.45. The molecule has 2 amide bonds. The van der Waals surface area contributed by atoms with Gasteiger partial charge in [-0.05, 0) is 6.42 Å². The van der Waals surface area contributed by atoms with Crippen LogP contribution in [0.1, 0.15) is 27.1 Å². The fourth-order valence-electron chi connectivity index (χ4n) is 2.30. The smallest absolute Gasteiger partial charge is 0.338 e. The zero-order valence-corrected chi connectivity index (χ0v) is 14.2. The van der Waals surface area contributed by atoms with Gasteiger partial charge in [0.25, 0.3) is 11.8 Å². The van der Waals surface area contributed by atoms with E-state index in [0.717, 1.165) is 0 Å². The molecule has 0 saturated carbocycles. The van der Waals surface area contributed by atoms with E-state index < -0.39 is 23.7 Å². The maximum absolute atomic E-state index is 12.3. The molecule has 0 bridgehead atoms. The molecule has 1 atom stereocenters. The molecule has 122 valence electrons. The molecule has 0 spiro atoms. The molecule has 0 N–H and O–H groups in total. The van der Waals surface area contributed by atoms with Gasteiger partial charge in [0, 0.05) is 6.61 Å². The van der Waals surface area contributed by atoms with Gasteiger partial charge in [-0.25, -0.2) is 4.79 Å². The third-order valence-corrected chi connectivity index (χ3v) is 5.31. The van der Waals surface area contributed by atoms with Gasteiger partial charge in [0.05, 0.1) is 43.7 Å². The van der Waals surface area contributed by atoms with Crippen molar-refractivity contribution in [3.63, 3.8) is 0 Å². The highest BCUT2D eigenvalue weighted by Crippen LogP contribution is 2.44. The van der Waals surface area contributed by atoms with Gasteiger partial charge in [-0.15, -0.1) is 0 Å². The Morgan fingerprint density at radius 3 is 1.96 bits per heavy atom. The Kier molecular flexibility index (Phi) is 4.46. The summed E-state index contributed by atoms with van der Waals surface area (Å²) in [5.74, 6) is -3.15. The number of imide groups is 1. The van der Waals surface area contributed by atoms with E-state index in [2.05, 4.69) is 0 Å². The maximum atomic E-state index is 12.3. The van der Waals surface area contributed by atoms with E-state index in [1.54, 1.807) is 0 Å². The summed E-state index contributed by atoms with van der Waals surface area (Å²) in [6, 6.07) is 0. The Morgan fingerprint density at radius 1 is 1.00 bits per heavy atom. The average Bonchev–Trinajstić information content (AvgIpc) is 3.13. The molecular formula is C13H7Cl4NO5. The Balaban J connectivity index is 1.96. The molecule has 1 unspecified atom stereocenters. The van der Waals surface area contributed by atoms with Crippen molar-refractivity contribution in [1.29, 1.82) is 0 Å². The summed E-state index contributed by atoms with van der Waals surface area (Å²) >= 11 is 23.7. The Hall–Kier alpha value is -1.05. The van der Waals surface area contributed by atoms with E-state index in [4.69, 9.17) is 56.0 Å². The number of rotatable bonds is 2. The number of hydrogen-bond donors (Lipinski definition) is 0. The molecule has 3 rings (SSSR count). The van der Waals surface area contributed by atoms with E-state index in [0.29, 0.717) is 18.1 Å². The molecule has 2 aliphatic heterocycles. The Labute approximate surface area is 150 Å². The minimum atomic E-state index is -0.928. The minimum Gasteiger partial charge on any atom is -0.381 e. The lowest BCUT2D eigenvalue weighted by molar-refractivity contribution is -0.173. The summed E-state index contributed by atoms with van der Waals surface area (Å²) in [7, 11) is 0. The van der Waals surface area contributed by atoms with Crippen LogP contribution in [-0.2, 0) is 14.4 Å². The largest absolute Gasteiger partial charge is 0.381 e. The van der Waals surface area contributed by atoms with E-state index in [-0.39, 0.29) is 37.8 Å². The van der Waals surface area contributed by atoms with Gasteiger partial charge < -0.3 is 9.57 Å². The van der Waals surface area contributed by atoms with Crippen LogP contribution in [0.15, 0.2) is 0 Å². The number of ether oxygens (including phenoxy) is 1. The SMILES string of the molecule is O=C(ON1C(=O)c2c(Cl)c(Cl)c(Cl)c(Cl)c2C1=O)C1CCOC1. The van der Waals surface area contributed by atoms with E-state index in [9.17, 15) is 14.4 Å². The van der Waals surface area contributed by atoms with Crippen molar-refractivity contribution >= 4 is 64.2 Å². The fourth-order valence-corrected chi connectivity index (χ4v) is 3.31. The summed E-state index contributed by atoms with van der Waals surface area (Å²) in [6.45, 7) is 0.575. The van der Waals surface area contributed by atoms with Crippen LogP contribution in [0, 0.1) is 5.92 Å². The summed E-state index contributed by atoms with van der Waals surface area (Å²) < 4.78 is 5.06. The summed E-state index contributed by atoms with van der Waals surface area (Å²) in [5.41, 5.74) is -0.488. The number of carbonyl (C=O) groups is 3. The first-order valence-electron chi connectivity index (χ1n) is 6.38. The van der Waals surface area contributed by atoms with Crippen LogP contribution in [0.25, 0.3) is 0 Å². The maximum Gasteiger partial charge on any atom is 0.338 e. The third kappa shape index (κ3) is 2.58. The Bertz CT molecular complexity index is 698. The molecule has 1 aromatic rings. The van der Waals surface area contributed by atoms with Crippen LogP contribution < -0.4 is 0 Å². The second kappa shape index (κ2) is 6.11. The molecule has 10 heteroatoms. The van der Waals surface area contributed by atoms with Crippen LogP contribution >= 0.6 is 46.4 Å². The van der Waals surface area contributed by atoms with Crippen molar-refractivity contribution in [2.45, 2.75) is 6.42 Å². The van der Waals surface area contributed by atoms with Crippen LogP contribution in [0.5, 0.6) is 0 Å². The lowest BCUT2D eigenvalue weighted by atomic mass is 10.1. The minimum absolute atomic E-state index is 0.157. The van der Waals surface area contributed by atoms with Gasteiger partial charge in [-0.1, -0.05) is 51.5 Å². The number of fused-ring (bicyclic) bond motifs is 1. The molecular weight excluding hydrogens is 392 g/mol.